The quantitative estimate of drug-likeness (QED) is 0.427. The van der Waals surface area contributed by atoms with Crippen molar-refractivity contribution in [2.45, 2.75) is 32.1 Å². The molecule has 10 heteroatoms. The Morgan fingerprint density at radius 1 is 1.00 bits per heavy atom. The van der Waals surface area contributed by atoms with Crippen molar-refractivity contribution < 1.29 is 31.9 Å². The standard InChI is InChI=1S/C22H25FN2O6S/c1-4-21(27)24-16-9-7-15(8-10-16)20(26)14-31-22(28)18-13-17(11-12-19(18)23)32(29,30)25(5-2)6-3/h7-13H,4-6,14H2,1-3H3,(H,24,27). The molecular formula is C22H25FN2O6S. The summed E-state index contributed by atoms with van der Waals surface area (Å²) >= 11 is 0. The maximum Gasteiger partial charge on any atom is 0.341 e. The number of esters is 1. The molecule has 8 nitrogen and oxygen atoms in total. The SMILES string of the molecule is CCC(=O)Nc1ccc(C(=O)COC(=O)c2cc(S(=O)(=O)N(CC)CC)ccc2F)cc1. The zero-order valence-corrected chi connectivity index (χ0v) is 18.9. The minimum Gasteiger partial charge on any atom is -0.454 e. The molecule has 32 heavy (non-hydrogen) atoms. The fourth-order valence-electron chi connectivity index (χ4n) is 2.81. The van der Waals surface area contributed by atoms with Gasteiger partial charge in [-0.25, -0.2) is 17.6 Å². The fourth-order valence-corrected chi connectivity index (χ4v) is 4.30. The highest BCUT2D eigenvalue weighted by atomic mass is 32.2. The zero-order chi connectivity index (χ0) is 23.9. The van der Waals surface area contributed by atoms with Gasteiger partial charge in [0.05, 0.1) is 10.5 Å². The van der Waals surface area contributed by atoms with E-state index in [-0.39, 0.29) is 29.5 Å². The first kappa shape index (κ1) is 25.2. The molecule has 0 saturated carbocycles. The summed E-state index contributed by atoms with van der Waals surface area (Å²) in [5.41, 5.74) is 0.160. The molecule has 2 aromatic carbocycles. The second-order valence-corrected chi connectivity index (χ2v) is 8.65. The van der Waals surface area contributed by atoms with Crippen LogP contribution in [-0.4, -0.2) is 50.1 Å². The number of hydrogen-bond donors (Lipinski definition) is 1. The molecule has 0 unspecified atom stereocenters. The number of halogens is 1. The van der Waals surface area contributed by atoms with Gasteiger partial charge in [0.1, 0.15) is 5.82 Å². The van der Waals surface area contributed by atoms with E-state index in [1.165, 1.54) is 28.6 Å². The lowest BCUT2D eigenvalue weighted by Crippen LogP contribution is -2.30. The van der Waals surface area contributed by atoms with Gasteiger partial charge in [0.15, 0.2) is 12.4 Å². The third-order valence-corrected chi connectivity index (χ3v) is 6.69. The van der Waals surface area contributed by atoms with Gasteiger partial charge in [-0.3, -0.25) is 9.59 Å². The topological polar surface area (TPSA) is 110 Å². The molecule has 1 N–H and O–H groups in total. The third-order valence-electron chi connectivity index (χ3n) is 4.65. The average Bonchev–Trinajstić information content (AvgIpc) is 2.78. The maximum atomic E-state index is 14.2. The van der Waals surface area contributed by atoms with E-state index in [1.807, 2.05) is 0 Å². The summed E-state index contributed by atoms with van der Waals surface area (Å²) in [7, 11) is -3.90. The summed E-state index contributed by atoms with van der Waals surface area (Å²) in [6, 6.07) is 8.83. The van der Waals surface area contributed by atoms with Gasteiger partial charge < -0.3 is 10.1 Å². The Labute approximate surface area is 186 Å². The van der Waals surface area contributed by atoms with Crippen LogP contribution in [0.1, 0.15) is 47.9 Å². The second kappa shape index (κ2) is 11.0. The second-order valence-electron chi connectivity index (χ2n) is 6.71. The number of nitrogens with zero attached hydrogens (tertiary/aromatic N) is 1. The summed E-state index contributed by atoms with van der Waals surface area (Å²) in [4.78, 5) is 35.8. The number of anilines is 1. The Balaban J connectivity index is 2.11. The van der Waals surface area contributed by atoms with Crippen LogP contribution in [0.4, 0.5) is 10.1 Å². The Morgan fingerprint density at radius 2 is 1.62 bits per heavy atom. The van der Waals surface area contributed by atoms with Crippen molar-refractivity contribution in [3.05, 3.63) is 59.4 Å². The van der Waals surface area contributed by atoms with E-state index in [4.69, 9.17) is 4.74 Å². The first-order valence-electron chi connectivity index (χ1n) is 10.0. The van der Waals surface area contributed by atoms with Crippen LogP contribution in [0.3, 0.4) is 0 Å². The number of rotatable bonds is 10. The smallest absolute Gasteiger partial charge is 0.341 e. The van der Waals surface area contributed by atoms with Gasteiger partial charge in [0, 0.05) is 30.8 Å². The minimum absolute atomic E-state index is 0.176. The van der Waals surface area contributed by atoms with Crippen molar-refractivity contribution in [1.82, 2.24) is 4.31 Å². The molecule has 0 aromatic heterocycles. The number of sulfonamides is 1. The van der Waals surface area contributed by atoms with E-state index in [1.54, 1.807) is 20.8 Å². The van der Waals surface area contributed by atoms with Crippen molar-refractivity contribution in [1.29, 1.82) is 0 Å². The molecule has 0 aliphatic heterocycles. The number of ketones is 1. The van der Waals surface area contributed by atoms with Gasteiger partial charge >= 0.3 is 5.97 Å². The molecular weight excluding hydrogens is 439 g/mol. The van der Waals surface area contributed by atoms with Crippen molar-refractivity contribution in [2.75, 3.05) is 25.0 Å². The van der Waals surface area contributed by atoms with Gasteiger partial charge in [-0.1, -0.05) is 20.8 Å². The number of carbonyl (C=O) groups is 3. The first-order valence-corrected chi connectivity index (χ1v) is 11.5. The molecule has 0 saturated heterocycles. The van der Waals surface area contributed by atoms with E-state index in [9.17, 15) is 27.2 Å². The van der Waals surface area contributed by atoms with E-state index >= 15 is 0 Å². The Hall–Kier alpha value is -3.11. The van der Waals surface area contributed by atoms with Gasteiger partial charge in [-0.05, 0) is 42.5 Å². The normalized spacial score (nSPS) is 11.3. The maximum absolute atomic E-state index is 14.2. The van der Waals surface area contributed by atoms with Crippen molar-refractivity contribution in [3.63, 3.8) is 0 Å². The van der Waals surface area contributed by atoms with Crippen molar-refractivity contribution >= 4 is 33.4 Å². The van der Waals surface area contributed by atoms with Crippen LogP contribution in [0.15, 0.2) is 47.4 Å². The Kier molecular flexibility index (Phi) is 8.62. The first-order chi connectivity index (χ1) is 15.1. The average molecular weight is 465 g/mol. The largest absolute Gasteiger partial charge is 0.454 e. The van der Waals surface area contributed by atoms with Crippen molar-refractivity contribution in [3.8, 4) is 0 Å². The molecule has 172 valence electrons. The van der Waals surface area contributed by atoms with E-state index in [0.29, 0.717) is 12.1 Å². The molecule has 0 aliphatic carbocycles. The van der Waals surface area contributed by atoms with Crippen LogP contribution >= 0.6 is 0 Å². The molecule has 2 aromatic rings. The van der Waals surface area contributed by atoms with Gasteiger partial charge in [0.25, 0.3) is 0 Å². The monoisotopic (exact) mass is 464 g/mol. The molecule has 0 radical (unpaired) electrons. The van der Waals surface area contributed by atoms with E-state index in [0.717, 1.165) is 18.2 Å². The minimum atomic E-state index is -3.90. The van der Waals surface area contributed by atoms with E-state index < -0.39 is 39.8 Å². The summed E-state index contributed by atoms with van der Waals surface area (Å²) in [5.74, 6) is -2.83. The third kappa shape index (κ3) is 5.98. The zero-order valence-electron chi connectivity index (χ0n) is 18.1. The van der Waals surface area contributed by atoms with Crippen LogP contribution in [0.25, 0.3) is 0 Å². The van der Waals surface area contributed by atoms with Crippen LogP contribution < -0.4 is 5.32 Å². The molecule has 0 fully saturated rings. The van der Waals surface area contributed by atoms with Crippen LogP contribution in [0.5, 0.6) is 0 Å². The summed E-state index contributed by atoms with van der Waals surface area (Å²) < 4.78 is 45.5. The van der Waals surface area contributed by atoms with Crippen LogP contribution in [-0.2, 0) is 19.6 Å². The molecule has 0 aliphatic rings. The van der Waals surface area contributed by atoms with Crippen LogP contribution in [0.2, 0.25) is 0 Å². The highest BCUT2D eigenvalue weighted by Gasteiger charge is 2.25. The number of ether oxygens (including phenoxy) is 1. The molecule has 0 heterocycles. The van der Waals surface area contributed by atoms with Crippen LogP contribution in [0, 0.1) is 5.82 Å². The number of carbonyl (C=O) groups excluding carboxylic acids is 3. The molecule has 0 atom stereocenters. The van der Waals surface area contributed by atoms with Gasteiger partial charge in [-0.2, -0.15) is 4.31 Å². The number of nitrogens with one attached hydrogen (secondary N) is 1. The summed E-state index contributed by atoms with van der Waals surface area (Å²) in [6.45, 7) is 4.80. The van der Waals surface area contributed by atoms with Gasteiger partial charge in [0.2, 0.25) is 15.9 Å². The highest BCUT2D eigenvalue weighted by molar-refractivity contribution is 7.89. The summed E-state index contributed by atoms with van der Waals surface area (Å²) in [5, 5.41) is 2.64. The predicted molar refractivity (Wildman–Crippen MR) is 116 cm³/mol. The fraction of sp³-hybridized carbons (Fsp3) is 0.318. The van der Waals surface area contributed by atoms with Gasteiger partial charge in [-0.15, -0.1) is 0 Å². The lowest BCUT2D eigenvalue weighted by Gasteiger charge is -2.18. The molecule has 0 bridgehead atoms. The number of amides is 1. The Bertz CT molecular complexity index is 1100. The lowest BCUT2D eigenvalue weighted by atomic mass is 10.1. The molecule has 2 rings (SSSR count). The molecule has 1 amide bonds. The number of benzene rings is 2. The van der Waals surface area contributed by atoms with Crippen molar-refractivity contribution in [2.24, 2.45) is 0 Å². The van der Waals surface area contributed by atoms with E-state index in [2.05, 4.69) is 5.32 Å². The number of Topliss-reactive ketones (excluding diaryl/α,β-unsaturated/α-hetero) is 1. The predicted octanol–water partition coefficient (Wildman–Crippen LogP) is 3.24. The molecule has 0 spiro atoms. The highest BCUT2D eigenvalue weighted by Crippen LogP contribution is 2.20. The Morgan fingerprint density at radius 3 is 2.19 bits per heavy atom. The lowest BCUT2D eigenvalue weighted by molar-refractivity contribution is -0.115. The summed E-state index contributed by atoms with van der Waals surface area (Å²) in [6.07, 6.45) is 0.310. The number of hydrogen-bond acceptors (Lipinski definition) is 6.